The number of carboxylic acids is 1. The first-order valence-electron chi connectivity index (χ1n) is 12.3. The molecular formula is C25H37N5O7. The Balaban J connectivity index is 2.27. The van der Waals surface area contributed by atoms with Crippen molar-refractivity contribution in [3.8, 4) is 5.75 Å². The number of amides is 4. The lowest BCUT2D eigenvalue weighted by atomic mass is 10.0. The van der Waals surface area contributed by atoms with Crippen molar-refractivity contribution >= 4 is 29.6 Å². The van der Waals surface area contributed by atoms with E-state index in [-0.39, 0.29) is 37.5 Å². The average molecular weight is 520 g/mol. The van der Waals surface area contributed by atoms with Crippen molar-refractivity contribution in [2.45, 2.75) is 76.5 Å². The van der Waals surface area contributed by atoms with E-state index in [1.165, 1.54) is 17.0 Å². The molecular weight excluding hydrogens is 482 g/mol. The molecule has 1 heterocycles. The second-order valence-corrected chi connectivity index (χ2v) is 9.76. The lowest BCUT2D eigenvalue weighted by Gasteiger charge is -2.29. The van der Waals surface area contributed by atoms with Gasteiger partial charge in [-0.05, 0) is 49.3 Å². The van der Waals surface area contributed by atoms with E-state index in [4.69, 9.17) is 11.5 Å². The number of aliphatic carboxylic acids is 1. The van der Waals surface area contributed by atoms with Crippen LogP contribution in [-0.2, 0) is 30.4 Å². The van der Waals surface area contributed by atoms with Crippen molar-refractivity contribution < 1.29 is 34.2 Å². The Morgan fingerprint density at radius 3 is 2.24 bits per heavy atom. The maximum absolute atomic E-state index is 13.4. The van der Waals surface area contributed by atoms with Gasteiger partial charge in [0.25, 0.3) is 0 Å². The Labute approximate surface area is 215 Å². The predicted octanol–water partition coefficient (Wildman–Crippen LogP) is -0.381. The molecule has 204 valence electrons. The molecule has 1 saturated heterocycles. The number of hydrogen-bond acceptors (Lipinski definition) is 7. The molecule has 0 aromatic heterocycles. The van der Waals surface area contributed by atoms with Gasteiger partial charge in [-0.25, -0.2) is 4.79 Å². The summed E-state index contributed by atoms with van der Waals surface area (Å²) in [5.41, 5.74) is 11.8. The van der Waals surface area contributed by atoms with E-state index >= 15 is 0 Å². The molecule has 1 aliphatic rings. The highest BCUT2D eigenvalue weighted by Crippen LogP contribution is 2.20. The molecule has 0 aliphatic carbocycles. The van der Waals surface area contributed by atoms with Gasteiger partial charge in [0.1, 0.15) is 23.9 Å². The van der Waals surface area contributed by atoms with Crippen LogP contribution in [0.1, 0.15) is 51.5 Å². The minimum Gasteiger partial charge on any atom is -0.508 e. The zero-order valence-electron chi connectivity index (χ0n) is 21.2. The van der Waals surface area contributed by atoms with Crippen LogP contribution in [0.2, 0.25) is 0 Å². The fraction of sp³-hybridized carbons (Fsp3) is 0.560. The molecule has 12 nitrogen and oxygen atoms in total. The molecule has 0 spiro atoms. The quantitative estimate of drug-likeness (QED) is 0.202. The van der Waals surface area contributed by atoms with Gasteiger partial charge >= 0.3 is 5.97 Å². The number of nitrogens with zero attached hydrogens (tertiary/aromatic N) is 1. The minimum absolute atomic E-state index is 0.0110. The number of rotatable bonds is 13. The second-order valence-electron chi connectivity index (χ2n) is 9.76. The van der Waals surface area contributed by atoms with E-state index in [0.717, 1.165) is 0 Å². The highest BCUT2D eigenvalue weighted by molar-refractivity contribution is 5.94. The van der Waals surface area contributed by atoms with Gasteiger partial charge in [-0.1, -0.05) is 26.0 Å². The molecule has 1 aromatic rings. The van der Waals surface area contributed by atoms with Crippen molar-refractivity contribution in [2.75, 3.05) is 6.54 Å². The number of aromatic hydroxyl groups is 1. The molecule has 12 heteroatoms. The normalized spacial score (nSPS) is 17.6. The third-order valence-corrected chi connectivity index (χ3v) is 6.19. The SMILES string of the molecule is CC(C)CC(N)C(=O)NC(CCC(N)=O)C(=O)NC(Cc1ccc(O)cc1)C(=O)N1CCCC1C(=O)O. The molecule has 0 bridgehead atoms. The van der Waals surface area contributed by atoms with Gasteiger partial charge in [-0.3, -0.25) is 19.2 Å². The fourth-order valence-electron chi connectivity index (χ4n) is 4.28. The first-order chi connectivity index (χ1) is 17.4. The van der Waals surface area contributed by atoms with Crippen LogP contribution in [0.15, 0.2) is 24.3 Å². The van der Waals surface area contributed by atoms with Crippen molar-refractivity contribution in [1.29, 1.82) is 0 Å². The second kappa shape index (κ2) is 13.6. The molecule has 8 N–H and O–H groups in total. The summed E-state index contributed by atoms with van der Waals surface area (Å²) in [5.74, 6) is -3.54. The number of phenols is 1. The van der Waals surface area contributed by atoms with Crippen molar-refractivity contribution in [3.63, 3.8) is 0 Å². The van der Waals surface area contributed by atoms with Gasteiger partial charge in [-0.2, -0.15) is 0 Å². The summed E-state index contributed by atoms with van der Waals surface area (Å²) in [6, 6.07) is 1.79. The van der Waals surface area contributed by atoms with E-state index in [0.29, 0.717) is 24.8 Å². The molecule has 37 heavy (non-hydrogen) atoms. The van der Waals surface area contributed by atoms with Crippen LogP contribution >= 0.6 is 0 Å². The largest absolute Gasteiger partial charge is 0.508 e. The Hall–Kier alpha value is -3.67. The average Bonchev–Trinajstić information content (AvgIpc) is 3.31. The zero-order valence-corrected chi connectivity index (χ0v) is 21.2. The number of benzene rings is 1. The Morgan fingerprint density at radius 1 is 1.05 bits per heavy atom. The Bertz CT molecular complexity index is 982. The van der Waals surface area contributed by atoms with Crippen LogP contribution in [0.5, 0.6) is 5.75 Å². The molecule has 1 aromatic carbocycles. The topological polar surface area (TPSA) is 205 Å². The maximum Gasteiger partial charge on any atom is 0.326 e. The van der Waals surface area contributed by atoms with Crippen LogP contribution in [0.4, 0.5) is 0 Å². The minimum atomic E-state index is -1.19. The molecule has 4 unspecified atom stereocenters. The number of likely N-dealkylation sites (tertiary alicyclic amines) is 1. The first-order valence-corrected chi connectivity index (χ1v) is 12.3. The summed E-state index contributed by atoms with van der Waals surface area (Å²) in [6.07, 6.45) is 0.893. The number of carbonyl (C=O) groups is 5. The predicted molar refractivity (Wildman–Crippen MR) is 134 cm³/mol. The third-order valence-electron chi connectivity index (χ3n) is 6.19. The maximum atomic E-state index is 13.4. The number of nitrogens with one attached hydrogen (secondary N) is 2. The summed E-state index contributed by atoms with van der Waals surface area (Å²) in [6.45, 7) is 4.02. The van der Waals surface area contributed by atoms with Gasteiger partial charge < -0.3 is 37.2 Å². The molecule has 0 radical (unpaired) electrons. The fourth-order valence-corrected chi connectivity index (χ4v) is 4.28. The Kier molecular flexibility index (Phi) is 10.9. The van der Waals surface area contributed by atoms with Crippen molar-refractivity contribution in [2.24, 2.45) is 17.4 Å². The third kappa shape index (κ3) is 9.05. The molecule has 4 amide bonds. The highest BCUT2D eigenvalue weighted by Gasteiger charge is 2.38. The zero-order chi connectivity index (χ0) is 27.7. The summed E-state index contributed by atoms with van der Waals surface area (Å²) in [5, 5.41) is 24.3. The highest BCUT2D eigenvalue weighted by atomic mass is 16.4. The molecule has 2 rings (SSSR count). The van der Waals surface area contributed by atoms with Gasteiger partial charge in [0.2, 0.25) is 23.6 Å². The standard InChI is InChI=1S/C25H37N5O7/c1-14(2)12-17(26)22(33)28-18(9-10-21(27)32)23(34)29-19(13-15-5-7-16(31)8-6-15)24(35)30-11-3-4-20(30)25(36)37/h5-8,14,17-20,31H,3-4,9-13,26H2,1-2H3,(H2,27,32)(H,28,33)(H,29,34)(H,36,37). The van der Waals surface area contributed by atoms with Crippen LogP contribution in [0.3, 0.4) is 0 Å². The summed E-state index contributed by atoms with van der Waals surface area (Å²) < 4.78 is 0. The van der Waals surface area contributed by atoms with E-state index in [1.807, 2.05) is 13.8 Å². The van der Waals surface area contributed by atoms with Crippen LogP contribution in [0.25, 0.3) is 0 Å². The lowest BCUT2D eigenvalue weighted by Crippen LogP contribution is -2.57. The van der Waals surface area contributed by atoms with Gasteiger partial charge in [-0.15, -0.1) is 0 Å². The van der Waals surface area contributed by atoms with Gasteiger partial charge in [0.05, 0.1) is 6.04 Å². The van der Waals surface area contributed by atoms with E-state index in [1.54, 1.807) is 12.1 Å². The van der Waals surface area contributed by atoms with Gasteiger partial charge in [0, 0.05) is 19.4 Å². The molecule has 0 saturated carbocycles. The van der Waals surface area contributed by atoms with Crippen LogP contribution < -0.4 is 22.1 Å². The number of hydrogen-bond donors (Lipinski definition) is 6. The number of carboxylic acid groups (broad SMARTS) is 1. The molecule has 1 aliphatic heterocycles. The molecule has 4 atom stereocenters. The van der Waals surface area contributed by atoms with Crippen LogP contribution in [0, 0.1) is 5.92 Å². The van der Waals surface area contributed by atoms with Crippen molar-refractivity contribution in [3.05, 3.63) is 29.8 Å². The number of primary amides is 1. The summed E-state index contributed by atoms with van der Waals surface area (Å²) in [4.78, 5) is 63.6. The van der Waals surface area contributed by atoms with Crippen molar-refractivity contribution in [1.82, 2.24) is 15.5 Å². The van der Waals surface area contributed by atoms with E-state index in [9.17, 15) is 34.2 Å². The van der Waals surface area contributed by atoms with Gasteiger partial charge in [0.15, 0.2) is 0 Å². The molecule has 1 fully saturated rings. The smallest absolute Gasteiger partial charge is 0.326 e. The van der Waals surface area contributed by atoms with E-state index in [2.05, 4.69) is 10.6 Å². The number of phenolic OH excluding ortho intramolecular Hbond substituents is 1. The van der Waals surface area contributed by atoms with Crippen LogP contribution in [-0.4, -0.2) is 75.4 Å². The summed E-state index contributed by atoms with van der Waals surface area (Å²) in [7, 11) is 0. The monoisotopic (exact) mass is 519 g/mol. The summed E-state index contributed by atoms with van der Waals surface area (Å²) >= 11 is 0. The number of carbonyl (C=O) groups excluding carboxylic acids is 4. The van der Waals surface area contributed by atoms with E-state index < -0.39 is 53.8 Å². The number of nitrogens with two attached hydrogens (primary N) is 2. The lowest BCUT2D eigenvalue weighted by molar-refractivity contribution is -0.149. The Morgan fingerprint density at radius 2 is 1.68 bits per heavy atom. The first kappa shape index (κ1) is 29.6.